The van der Waals surface area contributed by atoms with Gasteiger partial charge in [-0.05, 0) is 76.1 Å². The van der Waals surface area contributed by atoms with Crippen LogP contribution in [0.25, 0.3) is 0 Å². The van der Waals surface area contributed by atoms with Crippen LogP contribution in [-0.2, 0) is 24.3 Å². The van der Waals surface area contributed by atoms with Crippen molar-refractivity contribution in [2.45, 2.75) is 71.0 Å². The molecular formula is C23H36N2O5S. The molecule has 0 aliphatic carbocycles. The van der Waals surface area contributed by atoms with E-state index in [4.69, 9.17) is 9.47 Å². The number of hydrogen-bond acceptors (Lipinski definition) is 5. The molecule has 31 heavy (non-hydrogen) atoms. The van der Waals surface area contributed by atoms with Crippen molar-refractivity contribution in [2.75, 3.05) is 39.4 Å². The summed E-state index contributed by atoms with van der Waals surface area (Å²) in [6.45, 7) is 11.9. The van der Waals surface area contributed by atoms with E-state index in [9.17, 15) is 13.2 Å². The Bertz CT molecular complexity index is 875. The molecule has 1 aromatic rings. The standard InChI is InChI=1S/C23H36N2O5S/c1-16-14-17(2)19(4)22(18(16)3)31(27,28)25-11-9-24(10-12-25)23(26)20(5)30-15-21-8-6-7-13-29-21/h14,20-21H,6-13,15H2,1-5H3/t20-,21-/m1/s1. The molecule has 2 saturated heterocycles. The number of benzene rings is 1. The van der Waals surface area contributed by atoms with Gasteiger partial charge in [-0.2, -0.15) is 4.31 Å². The molecule has 2 atom stereocenters. The van der Waals surface area contributed by atoms with Crippen molar-refractivity contribution in [3.05, 3.63) is 28.3 Å². The van der Waals surface area contributed by atoms with Crippen LogP contribution in [0, 0.1) is 27.7 Å². The number of amides is 1. The van der Waals surface area contributed by atoms with E-state index in [2.05, 4.69) is 0 Å². The molecule has 0 aromatic heterocycles. The Morgan fingerprint density at radius 2 is 1.71 bits per heavy atom. The van der Waals surface area contributed by atoms with Gasteiger partial charge >= 0.3 is 0 Å². The van der Waals surface area contributed by atoms with Gasteiger partial charge in [-0.1, -0.05) is 6.07 Å². The third kappa shape index (κ3) is 5.30. The summed E-state index contributed by atoms with van der Waals surface area (Å²) in [5.41, 5.74) is 3.55. The molecule has 2 aliphatic rings. The highest BCUT2D eigenvalue weighted by Crippen LogP contribution is 2.29. The average Bonchev–Trinajstić information content (AvgIpc) is 2.76. The van der Waals surface area contributed by atoms with Crippen LogP contribution in [-0.4, -0.2) is 75.1 Å². The SMILES string of the molecule is Cc1cc(C)c(C)c(S(=O)(=O)N2CCN(C(=O)[C@@H](C)OC[C@H]3CCCCO3)CC2)c1C. The number of ether oxygens (including phenoxy) is 2. The summed E-state index contributed by atoms with van der Waals surface area (Å²) in [6, 6.07) is 2.03. The van der Waals surface area contributed by atoms with Gasteiger partial charge in [0, 0.05) is 32.8 Å². The van der Waals surface area contributed by atoms with E-state index in [1.54, 1.807) is 11.8 Å². The van der Waals surface area contributed by atoms with Crippen LogP contribution in [0.5, 0.6) is 0 Å². The summed E-state index contributed by atoms with van der Waals surface area (Å²) >= 11 is 0. The summed E-state index contributed by atoms with van der Waals surface area (Å²) in [5.74, 6) is -0.0911. The first kappa shape index (κ1) is 24.2. The molecule has 3 rings (SSSR count). The van der Waals surface area contributed by atoms with Crippen molar-refractivity contribution in [3.8, 4) is 0 Å². The number of sulfonamides is 1. The molecule has 7 nitrogen and oxygen atoms in total. The molecule has 0 N–H and O–H groups in total. The largest absolute Gasteiger partial charge is 0.376 e. The molecule has 2 fully saturated rings. The van der Waals surface area contributed by atoms with Crippen molar-refractivity contribution < 1.29 is 22.7 Å². The predicted octanol–water partition coefficient (Wildman–Crippen LogP) is 2.73. The van der Waals surface area contributed by atoms with Gasteiger partial charge < -0.3 is 14.4 Å². The van der Waals surface area contributed by atoms with E-state index in [0.717, 1.165) is 48.1 Å². The van der Waals surface area contributed by atoms with Crippen LogP contribution in [0.3, 0.4) is 0 Å². The second kappa shape index (κ2) is 9.98. The molecule has 0 radical (unpaired) electrons. The molecule has 0 bridgehead atoms. The molecule has 2 aliphatic heterocycles. The Morgan fingerprint density at radius 3 is 2.26 bits per heavy atom. The first-order valence-corrected chi connectivity index (χ1v) is 12.7. The fraction of sp³-hybridized carbons (Fsp3) is 0.696. The van der Waals surface area contributed by atoms with Gasteiger partial charge in [-0.15, -0.1) is 0 Å². The maximum atomic E-state index is 13.4. The Kier molecular flexibility index (Phi) is 7.78. The lowest BCUT2D eigenvalue weighted by molar-refractivity contribution is -0.147. The number of carbonyl (C=O) groups is 1. The van der Waals surface area contributed by atoms with Crippen LogP contribution in [0.15, 0.2) is 11.0 Å². The fourth-order valence-electron chi connectivity index (χ4n) is 4.36. The van der Waals surface area contributed by atoms with Crippen LogP contribution in [0.4, 0.5) is 0 Å². The molecule has 0 spiro atoms. The van der Waals surface area contributed by atoms with Crippen molar-refractivity contribution in [3.63, 3.8) is 0 Å². The van der Waals surface area contributed by atoms with Gasteiger partial charge in [0.2, 0.25) is 10.0 Å². The van der Waals surface area contributed by atoms with Gasteiger partial charge in [-0.3, -0.25) is 4.79 Å². The summed E-state index contributed by atoms with van der Waals surface area (Å²) in [7, 11) is -3.61. The van der Waals surface area contributed by atoms with Gasteiger partial charge in [0.05, 0.1) is 17.6 Å². The van der Waals surface area contributed by atoms with Gasteiger partial charge in [0.15, 0.2) is 0 Å². The first-order valence-electron chi connectivity index (χ1n) is 11.2. The molecular weight excluding hydrogens is 416 g/mol. The summed E-state index contributed by atoms with van der Waals surface area (Å²) in [5, 5.41) is 0. The minimum absolute atomic E-state index is 0.0651. The highest BCUT2D eigenvalue weighted by molar-refractivity contribution is 7.89. The number of piperazine rings is 1. The number of nitrogens with zero attached hydrogens (tertiary/aromatic N) is 2. The van der Waals surface area contributed by atoms with Gasteiger partial charge in [0.1, 0.15) is 6.10 Å². The van der Waals surface area contributed by atoms with E-state index in [-0.39, 0.29) is 12.0 Å². The average molecular weight is 453 g/mol. The zero-order valence-corrected chi connectivity index (χ0v) is 20.3. The number of aryl methyl sites for hydroxylation is 2. The van der Waals surface area contributed by atoms with Gasteiger partial charge in [0.25, 0.3) is 5.91 Å². The molecule has 8 heteroatoms. The van der Waals surface area contributed by atoms with E-state index < -0.39 is 16.1 Å². The lowest BCUT2D eigenvalue weighted by Crippen LogP contribution is -2.53. The Balaban J connectivity index is 1.60. The fourth-order valence-corrected chi connectivity index (χ4v) is 6.36. The van der Waals surface area contributed by atoms with E-state index in [0.29, 0.717) is 37.7 Å². The minimum Gasteiger partial charge on any atom is -0.376 e. The molecule has 0 unspecified atom stereocenters. The molecule has 174 valence electrons. The highest BCUT2D eigenvalue weighted by atomic mass is 32.2. The van der Waals surface area contributed by atoms with Crippen molar-refractivity contribution in [2.24, 2.45) is 0 Å². The Hall–Kier alpha value is -1.48. The molecule has 2 heterocycles. The second-order valence-electron chi connectivity index (χ2n) is 8.78. The quantitative estimate of drug-likeness (QED) is 0.663. The van der Waals surface area contributed by atoms with Crippen LogP contribution in [0.2, 0.25) is 0 Å². The molecule has 0 saturated carbocycles. The minimum atomic E-state index is -3.61. The molecule has 1 amide bonds. The van der Waals surface area contributed by atoms with Crippen molar-refractivity contribution in [1.82, 2.24) is 9.21 Å². The lowest BCUT2D eigenvalue weighted by atomic mass is 10.0. The maximum Gasteiger partial charge on any atom is 0.251 e. The first-order chi connectivity index (χ1) is 14.6. The molecule has 1 aromatic carbocycles. The van der Waals surface area contributed by atoms with Crippen molar-refractivity contribution in [1.29, 1.82) is 0 Å². The van der Waals surface area contributed by atoms with Crippen molar-refractivity contribution >= 4 is 15.9 Å². The third-order valence-electron chi connectivity index (χ3n) is 6.60. The summed E-state index contributed by atoms with van der Waals surface area (Å²) < 4.78 is 39.7. The number of carbonyl (C=O) groups excluding carboxylic acids is 1. The zero-order chi connectivity index (χ0) is 22.8. The highest BCUT2D eigenvalue weighted by Gasteiger charge is 2.34. The van der Waals surface area contributed by atoms with Crippen LogP contribution < -0.4 is 0 Å². The lowest BCUT2D eigenvalue weighted by Gasteiger charge is -2.36. The zero-order valence-electron chi connectivity index (χ0n) is 19.4. The van der Waals surface area contributed by atoms with E-state index in [1.807, 2.05) is 33.8 Å². The van der Waals surface area contributed by atoms with E-state index >= 15 is 0 Å². The number of hydrogen-bond donors (Lipinski definition) is 0. The van der Waals surface area contributed by atoms with Crippen LogP contribution in [0.1, 0.15) is 48.4 Å². The summed E-state index contributed by atoms with van der Waals surface area (Å²) in [4.78, 5) is 14.9. The smallest absolute Gasteiger partial charge is 0.251 e. The maximum absolute atomic E-state index is 13.4. The number of rotatable bonds is 6. The van der Waals surface area contributed by atoms with E-state index in [1.165, 1.54) is 4.31 Å². The Morgan fingerprint density at radius 1 is 1.10 bits per heavy atom. The normalized spacial score (nSPS) is 21.8. The van der Waals surface area contributed by atoms with Gasteiger partial charge in [-0.25, -0.2) is 8.42 Å². The third-order valence-corrected chi connectivity index (χ3v) is 8.77. The topological polar surface area (TPSA) is 76.2 Å². The summed E-state index contributed by atoms with van der Waals surface area (Å²) in [6.07, 6.45) is 2.69. The van der Waals surface area contributed by atoms with Crippen LogP contribution >= 0.6 is 0 Å². The predicted molar refractivity (Wildman–Crippen MR) is 120 cm³/mol. The Labute approximate surface area is 186 Å². The monoisotopic (exact) mass is 452 g/mol. The second-order valence-corrected chi connectivity index (χ2v) is 10.7.